The number of halogens is 9. The highest BCUT2D eigenvalue weighted by Crippen LogP contribution is 2.57. The van der Waals surface area contributed by atoms with E-state index in [2.05, 4.69) is 0 Å². The summed E-state index contributed by atoms with van der Waals surface area (Å²) in [5.41, 5.74) is -10.4. The van der Waals surface area contributed by atoms with Crippen molar-refractivity contribution in [2.24, 2.45) is 5.92 Å². The average Bonchev–Trinajstić information content (AvgIpc) is 3.37. The summed E-state index contributed by atoms with van der Waals surface area (Å²) in [6, 6.07) is 5.34. The maximum atomic E-state index is 15.0. The number of rotatable bonds is 5. The van der Waals surface area contributed by atoms with E-state index < -0.39 is 80.5 Å². The maximum Gasteiger partial charge on any atom is 0.435 e. The first-order valence-electron chi connectivity index (χ1n) is 13.9. The van der Waals surface area contributed by atoms with Crippen molar-refractivity contribution in [1.29, 1.82) is 0 Å². The molecule has 246 valence electrons. The van der Waals surface area contributed by atoms with Crippen LogP contribution in [-0.2, 0) is 36.3 Å². The summed E-state index contributed by atoms with van der Waals surface area (Å²) in [6.45, 7) is -0.182. The molecule has 1 N–H and O–H groups in total. The summed E-state index contributed by atoms with van der Waals surface area (Å²) in [5, 5.41) is 9.22. The molecule has 1 aliphatic heterocycles. The van der Waals surface area contributed by atoms with Crippen molar-refractivity contribution in [3.63, 3.8) is 0 Å². The molecule has 16 heteroatoms. The van der Waals surface area contributed by atoms with Gasteiger partial charge in [0.15, 0.2) is 9.84 Å². The highest BCUT2D eigenvalue weighted by atomic mass is 35.5. The number of amides is 1. The number of fused-ring (bicyclic) bond motifs is 3. The quantitative estimate of drug-likeness (QED) is 0.348. The summed E-state index contributed by atoms with van der Waals surface area (Å²) < 4.78 is 138. The van der Waals surface area contributed by atoms with E-state index in [9.17, 15) is 58.2 Å². The third-order valence-corrected chi connectivity index (χ3v) is 12.2. The molecule has 2 unspecified atom stereocenters. The Labute approximate surface area is 257 Å². The van der Waals surface area contributed by atoms with Crippen molar-refractivity contribution in [3.8, 4) is 0 Å². The van der Waals surface area contributed by atoms with Gasteiger partial charge in [-0.25, -0.2) is 22.0 Å². The van der Waals surface area contributed by atoms with Crippen molar-refractivity contribution >= 4 is 33.3 Å². The first-order valence-corrected chi connectivity index (χ1v) is 15.8. The van der Waals surface area contributed by atoms with Crippen LogP contribution in [0, 0.1) is 5.92 Å². The number of likely N-dealkylation sites (tertiary alicyclic amines) is 1. The fourth-order valence-corrected chi connectivity index (χ4v) is 9.78. The minimum absolute atomic E-state index is 0.0224. The monoisotopic (exact) mass is 687 g/mol. The van der Waals surface area contributed by atoms with Gasteiger partial charge in [0, 0.05) is 23.0 Å². The molecule has 45 heavy (non-hydrogen) atoms. The van der Waals surface area contributed by atoms with Crippen LogP contribution in [0.1, 0.15) is 55.2 Å². The zero-order valence-corrected chi connectivity index (χ0v) is 24.8. The van der Waals surface area contributed by atoms with E-state index in [0.29, 0.717) is 6.07 Å². The summed E-state index contributed by atoms with van der Waals surface area (Å²) in [5.74, 6) is -3.06. The predicted octanol–water partition coefficient (Wildman–Crippen LogP) is 6.83. The Balaban J connectivity index is 1.62. The van der Waals surface area contributed by atoms with Crippen molar-refractivity contribution in [1.82, 2.24) is 4.90 Å². The number of carbonyl (C=O) groups is 2. The molecule has 2 fully saturated rings. The number of alkyl halides is 8. The van der Waals surface area contributed by atoms with Gasteiger partial charge in [0.1, 0.15) is 4.75 Å². The van der Waals surface area contributed by atoms with Crippen LogP contribution >= 0.6 is 11.6 Å². The number of carbonyl (C=O) groups excluding carboxylic acids is 1. The molecule has 2 aliphatic carbocycles. The van der Waals surface area contributed by atoms with Crippen molar-refractivity contribution in [3.05, 3.63) is 64.2 Å². The number of nitrogens with zero attached hydrogens (tertiary/aromatic N) is 1. The molecule has 1 amide bonds. The molecular weight excluding hydrogens is 662 g/mol. The number of sulfone groups is 1. The molecule has 2 aromatic rings. The predicted molar refractivity (Wildman–Crippen MR) is 144 cm³/mol. The molecule has 0 bridgehead atoms. The van der Waals surface area contributed by atoms with Crippen LogP contribution in [0.25, 0.3) is 0 Å². The molecule has 1 heterocycles. The molecule has 2 atom stereocenters. The lowest BCUT2D eigenvalue weighted by atomic mass is 9.76. The molecule has 1 saturated heterocycles. The summed E-state index contributed by atoms with van der Waals surface area (Å²) in [6.07, 6.45) is -14.7. The third-order valence-electron chi connectivity index (χ3n) is 9.45. The normalized spacial score (nSPS) is 27.5. The number of aryl methyl sites for hydroxylation is 1. The molecule has 5 rings (SSSR count). The van der Waals surface area contributed by atoms with E-state index in [4.69, 9.17) is 11.6 Å². The van der Waals surface area contributed by atoms with Crippen LogP contribution < -0.4 is 0 Å². The van der Waals surface area contributed by atoms with E-state index in [1.807, 2.05) is 0 Å². The van der Waals surface area contributed by atoms with Gasteiger partial charge < -0.3 is 10.0 Å². The summed E-state index contributed by atoms with van der Waals surface area (Å²) in [7, 11) is -4.58. The number of benzene rings is 2. The van der Waals surface area contributed by atoms with E-state index in [1.54, 1.807) is 0 Å². The van der Waals surface area contributed by atoms with E-state index in [0.717, 1.165) is 12.1 Å². The SMILES string of the molecule is O=C([C@H]1CC[C@](F)(C(=O)O)CC1)N1CCC2(S(=O)(=O)c3cccc(Cl)c3)c3ccc(C(F)(C(F)(F)F)C(F)(F)F)cc3CCC12. The van der Waals surface area contributed by atoms with Crippen molar-refractivity contribution in [2.75, 3.05) is 6.54 Å². The van der Waals surface area contributed by atoms with Crippen molar-refractivity contribution < 1.29 is 58.2 Å². The maximum absolute atomic E-state index is 15.0. The first kappa shape index (κ1) is 33.4. The summed E-state index contributed by atoms with van der Waals surface area (Å²) in [4.78, 5) is 26.1. The molecule has 2 aromatic carbocycles. The van der Waals surface area contributed by atoms with Gasteiger partial charge in [-0.2, -0.15) is 26.3 Å². The Kier molecular flexibility index (Phi) is 8.03. The van der Waals surface area contributed by atoms with Crippen LogP contribution in [0.5, 0.6) is 0 Å². The Morgan fingerprint density at radius 2 is 1.53 bits per heavy atom. The van der Waals surface area contributed by atoms with Gasteiger partial charge in [0.2, 0.25) is 11.6 Å². The van der Waals surface area contributed by atoms with Crippen LogP contribution in [0.3, 0.4) is 0 Å². The molecule has 0 spiro atoms. The van der Waals surface area contributed by atoms with Crippen LogP contribution in [0.15, 0.2) is 47.4 Å². The highest BCUT2D eigenvalue weighted by molar-refractivity contribution is 7.92. The van der Waals surface area contributed by atoms with Gasteiger partial charge in [-0.05, 0) is 74.3 Å². The Hall–Kier alpha value is -2.94. The molecule has 0 radical (unpaired) electrons. The highest BCUT2D eigenvalue weighted by Gasteiger charge is 2.74. The van der Waals surface area contributed by atoms with Gasteiger partial charge in [0.25, 0.3) is 0 Å². The van der Waals surface area contributed by atoms with Gasteiger partial charge >= 0.3 is 24.0 Å². The smallest absolute Gasteiger partial charge is 0.435 e. The zero-order valence-electron chi connectivity index (χ0n) is 23.2. The fraction of sp³-hybridized carbons (Fsp3) is 0.517. The second-order valence-corrected chi connectivity index (χ2v) is 14.4. The zero-order chi connectivity index (χ0) is 33.4. The number of aliphatic carboxylic acids is 1. The largest absolute Gasteiger partial charge is 0.479 e. The van der Waals surface area contributed by atoms with Crippen LogP contribution in [0.4, 0.5) is 35.1 Å². The minimum atomic E-state index is -6.38. The molecule has 1 saturated carbocycles. The Bertz CT molecular complexity index is 1620. The number of carboxylic acids is 1. The van der Waals surface area contributed by atoms with E-state index in [-0.39, 0.29) is 65.8 Å². The molecule has 3 aliphatic rings. The first-order chi connectivity index (χ1) is 20.7. The Morgan fingerprint density at radius 1 is 0.911 bits per heavy atom. The lowest BCUT2D eigenvalue weighted by molar-refractivity contribution is -0.348. The lowest BCUT2D eigenvalue weighted by Crippen LogP contribution is -2.54. The number of carboxylic acid groups (broad SMARTS) is 1. The van der Waals surface area contributed by atoms with Crippen LogP contribution in [0.2, 0.25) is 5.02 Å². The second-order valence-electron chi connectivity index (χ2n) is 11.8. The number of hydrogen-bond donors (Lipinski definition) is 1. The van der Waals surface area contributed by atoms with Gasteiger partial charge in [-0.3, -0.25) is 4.79 Å². The average molecular weight is 688 g/mol. The van der Waals surface area contributed by atoms with Crippen molar-refractivity contribution in [2.45, 2.75) is 84.3 Å². The molecular formula is C29H26ClF8NO5S. The standard InChI is InChI=1S/C29H26ClF8NO5S/c30-19-2-1-3-20(15-19)45(43,44)26-12-13-39(23(40)16-8-10-25(31,11-9-16)24(41)42)22(26)7-4-17-14-18(5-6-21(17)26)27(32,28(33,34)35)29(36,37)38/h1-3,5-6,14-16,22H,4,7-13H2,(H,41,42)/t16-,22?,25+,26?. The second kappa shape index (κ2) is 10.8. The van der Waals surface area contributed by atoms with Crippen LogP contribution in [-0.4, -0.2) is 60.9 Å². The minimum Gasteiger partial charge on any atom is -0.479 e. The van der Waals surface area contributed by atoms with Gasteiger partial charge in [-0.1, -0.05) is 35.9 Å². The van der Waals surface area contributed by atoms with Gasteiger partial charge in [0.05, 0.1) is 10.9 Å². The van der Waals surface area contributed by atoms with Gasteiger partial charge in [-0.15, -0.1) is 0 Å². The molecule has 6 nitrogen and oxygen atoms in total. The summed E-state index contributed by atoms with van der Waals surface area (Å²) >= 11 is 6.06. The topological polar surface area (TPSA) is 91.8 Å². The third kappa shape index (κ3) is 4.99. The number of hydrogen-bond acceptors (Lipinski definition) is 4. The van der Waals surface area contributed by atoms with E-state index in [1.165, 1.54) is 23.1 Å². The lowest BCUT2D eigenvalue weighted by Gasteiger charge is -2.44. The fourth-order valence-electron chi connectivity index (χ4n) is 7.11. The van der Waals surface area contributed by atoms with E-state index >= 15 is 0 Å². The molecule has 0 aromatic heterocycles. The Morgan fingerprint density at radius 3 is 2.09 bits per heavy atom.